The monoisotopic (exact) mass is 348 g/mol. The molecule has 1 aromatic heterocycles. The first-order valence-electron chi connectivity index (χ1n) is 6.79. The predicted octanol–water partition coefficient (Wildman–Crippen LogP) is 3.43. The van der Waals surface area contributed by atoms with E-state index in [1.165, 1.54) is 23.5 Å². The summed E-state index contributed by atoms with van der Waals surface area (Å²) >= 11 is 1.49. The molecule has 0 aliphatic rings. The summed E-state index contributed by atoms with van der Waals surface area (Å²) in [5.74, 6) is -0.474. The average Bonchev–Trinajstić information content (AvgIpc) is 3.08. The third-order valence-electron chi connectivity index (χ3n) is 3.26. The van der Waals surface area contributed by atoms with Crippen LogP contribution in [0.1, 0.15) is 5.56 Å². The molecule has 4 nitrogen and oxygen atoms in total. The van der Waals surface area contributed by atoms with E-state index in [4.69, 9.17) is 0 Å². The molecule has 0 saturated heterocycles. The van der Waals surface area contributed by atoms with Gasteiger partial charge >= 0.3 is 0 Å². The summed E-state index contributed by atoms with van der Waals surface area (Å²) in [5, 5.41) is 2.70. The molecule has 7 heteroatoms. The molecule has 3 rings (SSSR count). The molecule has 1 N–H and O–H groups in total. The predicted molar refractivity (Wildman–Crippen MR) is 88.0 cm³/mol. The lowest BCUT2D eigenvalue weighted by Crippen LogP contribution is -2.23. The maximum absolute atomic E-state index is 12.9. The Labute approximate surface area is 137 Å². The molecule has 1 heterocycles. The molecule has 0 bridgehead atoms. The molecule has 23 heavy (non-hydrogen) atoms. The molecule has 0 fully saturated rings. The van der Waals surface area contributed by atoms with Gasteiger partial charge in [0.25, 0.3) is 0 Å². The Morgan fingerprint density at radius 3 is 2.52 bits per heavy atom. The van der Waals surface area contributed by atoms with Crippen molar-refractivity contribution in [3.63, 3.8) is 0 Å². The quantitative estimate of drug-likeness (QED) is 0.768. The summed E-state index contributed by atoms with van der Waals surface area (Å²) < 4.78 is 40.0. The number of thiazole rings is 1. The van der Waals surface area contributed by atoms with Crippen molar-refractivity contribution in [3.8, 4) is 10.6 Å². The Bertz CT molecular complexity index is 892. The molecular weight excluding hydrogens is 335 g/mol. The smallest absolute Gasteiger partial charge is 0.240 e. The van der Waals surface area contributed by atoms with Crippen LogP contribution in [0.15, 0.2) is 65.0 Å². The van der Waals surface area contributed by atoms with Gasteiger partial charge in [0.05, 0.1) is 4.90 Å². The van der Waals surface area contributed by atoms with E-state index in [2.05, 4.69) is 9.71 Å². The number of rotatable bonds is 5. The second-order valence-electron chi connectivity index (χ2n) is 4.77. The molecule has 3 aromatic rings. The number of hydrogen-bond donors (Lipinski definition) is 1. The van der Waals surface area contributed by atoms with Gasteiger partial charge in [-0.05, 0) is 29.8 Å². The zero-order chi connectivity index (χ0) is 16.3. The molecule has 0 aliphatic carbocycles. The third-order valence-corrected chi connectivity index (χ3v) is 5.48. The summed E-state index contributed by atoms with van der Waals surface area (Å²) in [6.07, 6.45) is 1.71. The Balaban J connectivity index is 1.82. The lowest BCUT2D eigenvalue weighted by Gasteiger charge is -2.10. The van der Waals surface area contributed by atoms with Crippen LogP contribution in [-0.2, 0) is 16.6 Å². The number of aromatic nitrogens is 1. The van der Waals surface area contributed by atoms with Gasteiger partial charge in [0.15, 0.2) is 0 Å². The van der Waals surface area contributed by atoms with E-state index in [9.17, 15) is 12.8 Å². The Morgan fingerprint density at radius 1 is 1.09 bits per heavy atom. The van der Waals surface area contributed by atoms with Gasteiger partial charge in [-0.25, -0.2) is 22.5 Å². The average molecular weight is 348 g/mol. The normalized spacial score (nSPS) is 11.5. The van der Waals surface area contributed by atoms with Crippen molar-refractivity contribution in [3.05, 3.63) is 71.5 Å². The summed E-state index contributed by atoms with van der Waals surface area (Å²) in [6.45, 7) is 0.134. The summed E-state index contributed by atoms with van der Waals surface area (Å²) in [7, 11) is -3.69. The first-order valence-corrected chi connectivity index (χ1v) is 9.15. The highest BCUT2D eigenvalue weighted by atomic mass is 32.2. The van der Waals surface area contributed by atoms with Crippen molar-refractivity contribution in [1.29, 1.82) is 0 Å². The number of nitrogens with zero attached hydrogens (tertiary/aromatic N) is 1. The molecule has 0 amide bonds. The van der Waals surface area contributed by atoms with Gasteiger partial charge in [-0.3, -0.25) is 0 Å². The molecule has 0 aliphatic heterocycles. The van der Waals surface area contributed by atoms with Crippen LogP contribution in [-0.4, -0.2) is 13.4 Å². The first kappa shape index (κ1) is 15.8. The molecule has 0 atom stereocenters. The van der Waals surface area contributed by atoms with Crippen LogP contribution in [0.4, 0.5) is 4.39 Å². The van der Waals surface area contributed by atoms with Crippen molar-refractivity contribution in [2.24, 2.45) is 0 Å². The summed E-state index contributed by atoms with van der Waals surface area (Å²) in [5.41, 5.74) is 1.72. The Kier molecular flexibility index (Phi) is 4.51. The van der Waals surface area contributed by atoms with Crippen LogP contribution >= 0.6 is 11.3 Å². The highest BCUT2D eigenvalue weighted by molar-refractivity contribution is 7.89. The molecular formula is C16H13FN2O2S2. The van der Waals surface area contributed by atoms with Gasteiger partial charge in [-0.15, -0.1) is 11.3 Å². The van der Waals surface area contributed by atoms with Crippen molar-refractivity contribution in [2.75, 3.05) is 0 Å². The second kappa shape index (κ2) is 6.57. The minimum Gasteiger partial charge on any atom is -0.245 e. The number of benzene rings is 2. The largest absolute Gasteiger partial charge is 0.245 e. The van der Waals surface area contributed by atoms with Crippen LogP contribution in [0.3, 0.4) is 0 Å². The number of hydrogen-bond acceptors (Lipinski definition) is 4. The zero-order valence-electron chi connectivity index (χ0n) is 11.9. The van der Waals surface area contributed by atoms with Crippen LogP contribution in [0, 0.1) is 5.82 Å². The maximum atomic E-state index is 12.9. The summed E-state index contributed by atoms with van der Waals surface area (Å²) in [4.78, 5) is 4.29. The molecule has 2 aromatic carbocycles. The highest BCUT2D eigenvalue weighted by Crippen LogP contribution is 2.25. The minimum absolute atomic E-state index is 0.0330. The van der Waals surface area contributed by atoms with E-state index in [0.717, 1.165) is 28.3 Å². The van der Waals surface area contributed by atoms with E-state index in [-0.39, 0.29) is 11.4 Å². The topological polar surface area (TPSA) is 59.1 Å². The highest BCUT2D eigenvalue weighted by Gasteiger charge is 2.15. The van der Waals surface area contributed by atoms with E-state index in [1.807, 2.05) is 29.6 Å². The fraction of sp³-hybridized carbons (Fsp3) is 0.0625. The Hall–Kier alpha value is -2.09. The van der Waals surface area contributed by atoms with Crippen molar-refractivity contribution in [2.45, 2.75) is 11.4 Å². The third kappa shape index (κ3) is 3.64. The van der Waals surface area contributed by atoms with Crippen LogP contribution in [0.5, 0.6) is 0 Å². The maximum Gasteiger partial charge on any atom is 0.240 e. The van der Waals surface area contributed by atoms with Gasteiger partial charge in [-0.1, -0.05) is 24.3 Å². The molecule has 0 unspecified atom stereocenters. The van der Waals surface area contributed by atoms with E-state index < -0.39 is 15.8 Å². The van der Waals surface area contributed by atoms with Crippen LogP contribution in [0.25, 0.3) is 10.6 Å². The second-order valence-corrected chi connectivity index (χ2v) is 7.43. The number of sulfonamides is 1. The fourth-order valence-electron chi connectivity index (χ4n) is 2.11. The first-order chi connectivity index (χ1) is 11.1. The number of nitrogens with one attached hydrogen (secondary N) is 1. The molecule has 118 valence electrons. The number of halogens is 1. The fourth-order valence-corrected chi connectivity index (χ4v) is 3.81. The van der Waals surface area contributed by atoms with Crippen LogP contribution < -0.4 is 4.72 Å². The van der Waals surface area contributed by atoms with Gasteiger partial charge in [0, 0.05) is 23.7 Å². The zero-order valence-corrected chi connectivity index (χ0v) is 13.6. The lowest BCUT2D eigenvalue weighted by molar-refractivity contribution is 0.580. The van der Waals surface area contributed by atoms with Crippen LogP contribution in [0.2, 0.25) is 0 Å². The molecule has 0 saturated carbocycles. The minimum atomic E-state index is -3.69. The van der Waals surface area contributed by atoms with E-state index in [1.54, 1.807) is 6.20 Å². The van der Waals surface area contributed by atoms with Gasteiger partial charge in [-0.2, -0.15) is 0 Å². The lowest BCUT2D eigenvalue weighted by atomic mass is 10.1. The van der Waals surface area contributed by atoms with Gasteiger partial charge < -0.3 is 0 Å². The van der Waals surface area contributed by atoms with Gasteiger partial charge in [0.1, 0.15) is 10.8 Å². The van der Waals surface area contributed by atoms with E-state index in [0.29, 0.717) is 0 Å². The van der Waals surface area contributed by atoms with Crippen molar-refractivity contribution in [1.82, 2.24) is 9.71 Å². The molecule has 0 radical (unpaired) electrons. The Morgan fingerprint density at radius 2 is 1.83 bits per heavy atom. The molecule has 0 spiro atoms. The SMILES string of the molecule is O=S(=O)(NCc1ccccc1-c1nccs1)c1ccc(F)cc1. The summed E-state index contributed by atoms with van der Waals surface area (Å²) in [6, 6.07) is 12.2. The van der Waals surface area contributed by atoms with E-state index >= 15 is 0 Å². The standard InChI is InChI=1S/C16H13FN2O2S2/c17-13-5-7-14(8-6-13)23(20,21)19-11-12-3-1-2-4-15(12)16-18-9-10-22-16/h1-10,19H,11H2. The van der Waals surface area contributed by atoms with Crippen molar-refractivity contribution < 1.29 is 12.8 Å². The van der Waals surface area contributed by atoms with Crippen molar-refractivity contribution >= 4 is 21.4 Å². The van der Waals surface area contributed by atoms with Gasteiger partial charge in [0.2, 0.25) is 10.0 Å².